The summed E-state index contributed by atoms with van der Waals surface area (Å²) in [6, 6.07) is 9.67. The van der Waals surface area contributed by atoms with Crippen LogP contribution >= 0.6 is 0 Å². The Morgan fingerprint density at radius 2 is 2.05 bits per heavy atom. The number of amides is 1. The third-order valence-electron chi connectivity index (χ3n) is 4.36. The zero-order valence-electron chi connectivity index (χ0n) is 12.3. The minimum absolute atomic E-state index is 0.251. The van der Waals surface area contributed by atoms with E-state index in [0.29, 0.717) is 25.3 Å². The van der Waals surface area contributed by atoms with Gasteiger partial charge in [0.1, 0.15) is 0 Å². The summed E-state index contributed by atoms with van der Waals surface area (Å²) in [5, 5.41) is 10.2. The maximum atomic E-state index is 12.1. The molecular weight excluding hydrogens is 250 g/mol. The van der Waals surface area contributed by atoms with E-state index in [1.54, 1.807) is 0 Å². The molecule has 0 aliphatic carbocycles. The summed E-state index contributed by atoms with van der Waals surface area (Å²) in [7, 11) is 0. The van der Waals surface area contributed by atoms with Crippen LogP contribution in [0.2, 0.25) is 0 Å². The van der Waals surface area contributed by atoms with Crippen LogP contribution in [0.3, 0.4) is 0 Å². The first kappa shape index (κ1) is 15.0. The van der Waals surface area contributed by atoms with Crippen molar-refractivity contribution in [1.82, 2.24) is 4.90 Å². The van der Waals surface area contributed by atoms with Gasteiger partial charge in [0.2, 0.25) is 5.91 Å². The van der Waals surface area contributed by atoms with E-state index in [1.807, 2.05) is 35.2 Å². The smallest absolute Gasteiger partial charge is 0.222 e. The minimum Gasteiger partial charge on any atom is -0.388 e. The van der Waals surface area contributed by atoms with E-state index < -0.39 is 6.10 Å². The Morgan fingerprint density at radius 3 is 2.75 bits per heavy atom. The monoisotopic (exact) mass is 275 g/mol. The molecule has 1 N–H and O–H groups in total. The van der Waals surface area contributed by atoms with Gasteiger partial charge in [-0.15, -0.1) is 0 Å². The van der Waals surface area contributed by atoms with Gasteiger partial charge in [0.25, 0.3) is 0 Å². The lowest BCUT2D eigenvalue weighted by atomic mass is 9.98. The summed E-state index contributed by atoms with van der Waals surface area (Å²) in [6.07, 6.45) is 4.09. The molecule has 1 fully saturated rings. The topological polar surface area (TPSA) is 40.5 Å². The van der Waals surface area contributed by atoms with E-state index in [2.05, 4.69) is 6.92 Å². The highest BCUT2D eigenvalue weighted by Gasteiger charge is 2.22. The van der Waals surface area contributed by atoms with Crippen molar-refractivity contribution < 1.29 is 9.90 Å². The summed E-state index contributed by atoms with van der Waals surface area (Å²) < 4.78 is 0. The van der Waals surface area contributed by atoms with Crippen molar-refractivity contribution >= 4 is 5.91 Å². The second kappa shape index (κ2) is 7.44. The van der Waals surface area contributed by atoms with Gasteiger partial charge in [-0.1, -0.05) is 43.7 Å². The number of aliphatic hydroxyl groups excluding tert-OH is 1. The first-order valence-electron chi connectivity index (χ1n) is 7.71. The number of carbonyl (C=O) groups excluding carboxylic acids is 1. The molecule has 2 rings (SSSR count). The highest BCUT2D eigenvalue weighted by molar-refractivity contribution is 5.76. The molecule has 20 heavy (non-hydrogen) atoms. The fourth-order valence-electron chi connectivity index (χ4n) is 2.86. The predicted octanol–water partition coefficient (Wildman–Crippen LogP) is 3.15. The minimum atomic E-state index is -0.478. The Hall–Kier alpha value is -1.35. The zero-order chi connectivity index (χ0) is 14.4. The standard InChI is InChI=1S/C17H25NO2/c1-2-14-8-9-17(20)18(12-10-14)13-11-16(19)15-6-4-3-5-7-15/h3-7,14,16,19H,2,8-13H2,1H3. The van der Waals surface area contributed by atoms with E-state index in [4.69, 9.17) is 0 Å². The lowest BCUT2D eigenvalue weighted by Crippen LogP contribution is -2.32. The molecule has 3 nitrogen and oxygen atoms in total. The molecule has 1 amide bonds. The quantitative estimate of drug-likeness (QED) is 0.896. The summed E-state index contributed by atoms with van der Waals surface area (Å²) in [5.41, 5.74) is 0.932. The van der Waals surface area contributed by atoms with Crippen LogP contribution in [0.5, 0.6) is 0 Å². The molecule has 0 spiro atoms. The van der Waals surface area contributed by atoms with Crippen LogP contribution in [0.15, 0.2) is 30.3 Å². The Balaban J connectivity index is 1.85. The van der Waals surface area contributed by atoms with Gasteiger partial charge in [0.05, 0.1) is 6.10 Å². The molecule has 2 unspecified atom stereocenters. The Bertz CT molecular complexity index is 418. The van der Waals surface area contributed by atoms with Crippen molar-refractivity contribution in [3.05, 3.63) is 35.9 Å². The molecule has 0 saturated carbocycles. The molecule has 0 bridgehead atoms. The van der Waals surface area contributed by atoms with Crippen LogP contribution < -0.4 is 0 Å². The molecule has 0 radical (unpaired) electrons. The van der Waals surface area contributed by atoms with Gasteiger partial charge in [-0.3, -0.25) is 4.79 Å². The first-order chi connectivity index (χ1) is 9.70. The van der Waals surface area contributed by atoms with Crippen molar-refractivity contribution in [3.8, 4) is 0 Å². The normalized spacial score (nSPS) is 21.6. The fourth-order valence-corrected chi connectivity index (χ4v) is 2.86. The maximum absolute atomic E-state index is 12.1. The lowest BCUT2D eigenvalue weighted by Gasteiger charge is -2.22. The Kier molecular flexibility index (Phi) is 5.60. The fraction of sp³-hybridized carbons (Fsp3) is 0.588. The zero-order valence-corrected chi connectivity index (χ0v) is 12.3. The highest BCUT2D eigenvalue weighted by Crippen LogP contribution is 2.22. The predicted molar refractivity (Wildman–Crippen MR) is 80.2 cm³/mol. The molecule has 1 aliphatic heterocycles. The molecular formula is C17H25NO2. The average Bonchev–Trinajstić information content (AvgIpc) is 2.67. The number of carbonyl (C=O) groups is 1. The van der Waals surface area contributed by atoms with Gasteiger partial charge < -0.3 is 10.0 Å². The molecule has 1 saturated heterocycles. The SMILES string of the molecule is CCC1CCC(=O)N(CCC(O)c2ccccc2)CC1. The van der Waals surface area contributed by atoms with Crippen LogP contribution in [0, 0.1) is 5.92 Å². The van der Waals surface area contributed by atoms with E-state index >= 15 is 0 Å². The van der Waals surface area contributed by atoms with Gasteiger partial charge in [-0.25, -0.2) is 0 Å². The Labute approximate surface area is 121 Å². The van der Waals surface area contributed by atoms with Gasteiger partial charge in [-0.2, -0.15) is 0 Å². The number of benzene rings is 1. The third-order valence-corrected chi connectivity index (χ3v) is 4.36. The number of rotatable bonds is 5. The van der Waals surface area contributed by atoms with E-state index in [9.17, 15) is 9.90 Å². The number of hydrogen-bond acceptors (Lipinski definition) is 2. The third kappa shape index (κ3) is 4.07. The molecule has 2 atom stereocenters. The molecule has 1 aromatic rings. The van der Waals surface area contributed by atoms with Gasteiger partial charge in [0, 0.05) is 19.5 Å². The second-order valence-corrected chi connectivity index (χ2v) is 5.70. The van der Waals surface area contributed by atoms with Crippen molar-refractivity contribution in [2.24, 2.45) is 5.92 Å². The van der Waals surface area contributed by atoms with Crippen molar-refractivity contribution in [2.75, 3.05) is 13.1 Å². The number of nitrogens with zero attached hydrogens (tertiary/aromatic N) is 1. The lowest BCUT2D eigenvalue weighted by molar-refractivity contribution is -0.131. The number of hydrogen-bond donors (Lipinski definition) is 1. The summed E-state index contributed by atoms with van der Waals surface area (Å²) in [5.74, 6) is 0.934. The second-order valence-electron chi connectivity index (χ2n) is 5.70. The number of likely N-dealkylation sites (tertiary alicyclic amines) is 1. The van der Waals surface area contributed by atoms with Crippen LogP contribution in [0.1, 0.15) is 50.7 Å². The van der Waals surface area contributed by atoms with Gasteiger partial charge >= 0.3 is 0 Å². The molecule has 0 aromatic heterocycles. The molecule has 1 heterocycles. The van der Waals surface area contributed by atoms with Crippen LogP contribution in [0.4, 0.5) is 0 Å². The summed E-state index contributed by atoms with van der Waals surface area (Å²) >= 11 is 0. The van der Waals surface area contributed by atoms with Crippen LogP contribution in [-0.4, -0.2) is 29.0 Å². The maximum Gasteiger partial charge on any atom is 0.222 e. The largest absolute Gasteiger partial charge is 0.388 e. The van der Waals surface area contributed by atoms with E-state index in [1.165, 1.54) is 0 Å². The van der Waals surface area contributed by atoms with Crippen molar-refractivity contribution in [3.63, 3.8) is 0 Å². The van der Waals surface area contributed by atoms with Gasteiger partial charge in [0.15, 0.2) is 0 Å². The highest BCUT2D eigenvalue weighted by atomic mass is 16.3. The Morgan fingerprint density at radius 1 is 1.30 bits per heavy atom. The number of aliphatic hydroxyl groups is 1. The van der Waals surface area contributed by atoms with E-state index in [0.717, 1.165) is 31.4 Å². The van der Waals surface area contributed by atoms with Gasteiger partial charge in [-0.05, 0) is 30.7 Å². The molecule has 3 heteroatoms. The summed E-state index contributed by atoms with van der Waals surface area (Å²) in [6.45, 7) is 3.70. The van der Waals surface area contributed by atoms with Crippen LogP contribution in [-0.2, 0) is 4.79 Å². The van der Waals surface area contributed by atoms with Crippen LogP contribution in [0.25, 0.3) is 0 Å². The average molecular weight is 275 g/mol. The first-order valence-corrected chi connectivity index (χ1v) is 7.71. The molecule has 1 aromatic carbocycles. The van der Waals surface area contributed by atoms with Crippen molar-refractivity contribution in [1.29, 1.82) is 0 Å². The van der Waals surface area contributed by atoms with Crippen molar-refractivity contribution in [2.45, 2.75) is 45.1 Å². The molecule has 110 valence electrons. The molecule has 1 aliphatic rings. The summed E-state index contributed by atoms with van der Waals surface area (Å²) in [4.78, 5) is 14.0. The van der Waals surface area contributed by atoms with E-state index in [-0.39, 0.29) is 5.91 Å².